The molecule has 0 saturated carbocycles. The van der Waals surface area contributed by atoms with E-state index in [9.17, 15) is 0 Å². The van der Waals surface area contributed by atoms with Gasteiger partial charge in [0.15, 0.2) is 0 Å². The first-order chi connectivity index (χ1) is 12.8. The SMILES string of the molecule is C=C1C(c2ccccn2)=C(CN(C)c2ccccc2)C1c1ccccn1. The summed E-state index contributed by atoms with van der Waals surface area (Å²) in [5, 5.41) is 0. The monoisotopic (exact) mass is 339 g/mol. The van der Waals surface area contributed by atoms with Gasteiger partial charge in [0.1, 0.15) is 0 Å². The lowest BCUT2D eigenvalue weighted by Crippen LogP contribution is -2.30. The number of pyridine rings is 2. The number of benzene rings is 1. The number of para-hydroxylation sites is 1. The summed E-state index contributed by atoms with van der Waals surface area (Å²) in [5.74, 6) is 0.152. The van der Waals surface area contributed by atoms with Gasteiger partial charge in [-0.05, 0) is 47.5 Å². The van der Waals surface area contributed by atoms with Crippen LogP contribution in [0.4, 0.5) is 5.69 Å². The lowest BCUT2D eigenvalue weighted by molar-refractivity contribution is 0.798. The summed E-state index contributed by atoms with van der Waals surface area (Å²) in [5.41, 5.74) is 6.81. The molecule has 1 atom stereocenters. The van der Waals surface area contributed by atoms with E-state index in [0.29, 0.717) is 0 Å². The number of likely N-dealkylation sites (N-methyl/N-ethyl adjacent to an activating group) is 1. The summed E-state index contributed by atoms with van der Waals surface area (Å²) < 4.78 is 0. The predicted molar refractivity (Wildman–Crippen MR) is 107 cm³/mol. The lowest BCUT2D eigenvalue weighted by Gasteiger charge is -2.38. The zero-order chi connectivity index (χ0) is 17.9. The Balaban J connectivity index is 1.74. The third-order valence-corrected chi connectivity index (χ3v) is 4.85. The van der Waals surface area contributed by atoms with Crippen LogP contribution < -0.4 is 4.90 Å². The summed E-state index contributed by atoms with van der Waals surface area (Å²) >= 11 is 0. The molecule has 0 fully saturated rings. The molecule has 0 radical (unpaired) electrons. The Morgan fingerprint density at radius 3 is 2.23 bits per heavy atom. The first kappa shape index (κ1) is 16.3. The summed E-state index contributed by atoms with van der Waals surface area (Å²) in [6, 6.07) is 22.5. The molecule has 2 aromatic heterocycles. The van der Waals surface area contributed by atoms with Crippen molar-refractivity contribution in [3.05, 3.63) is 108 Å². The molecule has 1 aromatic carbocycles. The van der Waals surface area contributed by atoms with Crippen LogP contribution in [0.3, 0.4) is 0 Å². The second-order valence-corrected chi connectivity index (χ2v) is 6.52. The summed E-state index contributed by atoms with van der Waals surface area (Å²) in [6.07, 6.45) is 3.68. The van der Waals surface area contributed by atoms with E-state index in [0.717, 1.165) is 23.5 Å². The molecule has 0 N–H and O–H groups in total. The van der Waals surface area contributed by atoms with Crippen LogP contribution in [0.25, 0.3) is 5.57 Å². The van der Waals surface area contributed by atoms with Gasteiger partial charge in [-0.2, -0.15) is 0 Å². The van der Waals surface area contributed by atoms with E-state index in [1.807, 2.05) is 42.7 Å². The van der Waals surface area contributed by atoms with Gasteiger partial charge in [0, 0.05) is 43.2 Å². The van der Waals surface area contributed by atoms with E-state index in [1.165, 1.54) is 16.8 Å². The van der Waals surface area contributed by atoms with Crippen molar-refractivity contribution in [2.45, 2.75) is 5.92 Å². The highest BCUT2D eigenvalue weighted by atomic mass is 15.1. The smallest absolute Gasteiger partial charge is 0.0705 e. The van der Waals surface area contributed by atoms with E-state index >= 15 is 0 Å². The maximum atomic E-state index is 4.58. The fourth-order valence-electron chi connectivity index (χ4n) is 3.57. The van der Waals surface area contributed by atoms with E-state index in [1.54, 1.807) is 0 Å². The lowest BCUT2D eigenvalue weighted by atomic mass is 9.70. The van der Waals surface area contributed by atoms with Crippen molar-refractivity contribution in [3.63, 3.8) is 0 Å². The van der Waals surface area contributed by atoms with Crippen molar-refractivity contribution in [2.75, 3.05) is 18.5 Å². The molecule has 1 unspecified atom stereocenters. The Labute approximate surface area is 154 Å². The van der Waals surface area contributed by atoms with Crippen LogP contribution in [0.5, 0.6) is 0 Å². The van der Waals surface area contributed by atoms with Gasteiger partial charge in [-0.25, -0.2) is 0 Å². The minimum absolute atomic E-state index is 0.152. The highest BCUT2D eigenvalue weighted by Crippen LogP contribution is 2.50. The van der Waals surface area contributed by atoms with Gasteiger partial charge in [0.05, 0.1) is 11.4 Å². The highest BCUT2D eigenvalue weighted by Gasteiger charge is 2.37. The zero-order valence-electron chi connectivity index (χ0n) is 14.8. The third kappa shape index (κ3) is 2.93. The first-order valence-electron chi connectivity index (χ1n) is 8.76. The molecule has 0 amide bonds. The van der Waals surface area contributed by atoms with Crippen molar-refractivity contribution in [2.24, 2.45) is 0 Å². The molecule has 0 bridgehead atoms. The molecular weight excluding hydrogens is 318 g/mol. The van der Waals surface area contributed by atoms with Gasteiger partial charge >= 0.3 is 0 Å². The molecule has 1 aliphatic carbocycles. The quantitative estimate of drug-likeness (QED) is 0.673. The third-order valence-electron chi connectivity index (χ3n) is 4.85. The van der Waals surface area contributed by atoms with Crippen molar-refractivity contribution < 1.29 is 0 Å². The Morgan fingerprint density at radius 1 is 0.885 bits per heavy atom. The van der Waals surface area contributed by atoms with E-state index in [2.05, 4.69) is 64.9 Å². The molecule has 0 aliphatic heterocycles. The molecular formula is C23H21N3. The molecule has 26 heavy (non-hydrogen) atoms. The Bertz CT molecular complexity index is 931. The first-order valence-corrected chi connectivity index (χ1v) is 8.76. The summed E-state index contributed by atoms with van der Waals surface area (Å²) in [7, 11) is 2.12. The fraction of sp³-hybridized carbons (Fsp3) is 0.130. The van der Waals surface area contributed by atoms with E-state index in [-0.39, 0.29) is 5.92 Å². The van der Waals surface area contributed by atoms with Crippen molar-refractivity contribution in [3.8, 4) is 0 Å². The second-order valence-electron chi connectivity index (χ2n) is 6.52. The normalized spacial score (nSPS) is 16.3. The molecule has 0 spiro atoms. The predicted octanol–water partition coefficient (Wildman–Crippen LogP) is 4.72. The zero-order valence-corrected chi connectivity index (χ0v) is 14.8. The van der Waals surface area contributed by atoms with Crippen LogP contribution in [0, 0.1) is 0 Å². The van der Waals surface area contributed by atoms with Crippen molar-refractivity contribution in [1.82, 2.24) is 9.97 Å². The maximum Gasteiger partial charge on any atom is 0.0705 e. The van der Waals surface area contributed by atoms with Gasteiger partial charge in [0.2, 0.25) is 0 Å². The molecule has 3 nitrogen and oxygen atoms in total. The molecule has 1 aliphatic rings. The second kappa shape index (κ2) is 6.96. The number of aromatic nitrogens is 2. The Kier molecular flexibility index (Phi) is 4.36. The molecule has 128 valence electrons. The average Bonchev–Trinajstić information content (AvgIpc) is 2.70. The maximum absolute atomic E-state index is 4.58. The summed E-state index contributed by atoms with van der Waals surface area (Å²) in [6.45, 7) is 5.17. The Morgan fingerprint density at radius 2 is 1.58 bits per heavy atom. The van der Waals surface area contributed by atoms with Gasteiger partial charge in [-0.3, -0.25) is 9.97 Å². The van der Waals surface area contributed by atoms with Crippen molar-refractivity contribution >= 4 is 11.3 Å². The van der Waals surface area contributed by atoms with Crippen LogP contribution in [-0.2, 0) is 0 Å². The topological polar surface area (TPSA) is 29.0 Å². The largest absolute Gasteiger partial charge is 0.371 e. The van der Waals surface area contributed by atoms with Crippen LogP contribution in [0.2, 0.25) is 0 Å². The number of hydrogen-bond acceptors (Lipinski definition) is 3. The number of allylic oxidation sites excluding steroid dienone is 2. The van der Waals surface area contributed by atoms with Gasteiger partial charge in [0.25, 0.3) is 0 Å². The number of rotatable bonds is 5. The molecule has 0 saturated heterocycles. The van der Waals surface area contributed by atoms with Crippen molar-refractivity contribution in [1.29, 1.82) is 0 Å². The van der Waals surface area contributed by atoms with E-state index in [4.69, 9.17) is 0 Å². The molecule has 2 heterocycles. The van der Waals surface area contributed by atoms with Gasteiger partial charge < -0.3 is 4.90 Å². The minimum Gasteiger partial charge on any atom is -0.371 e. The van der Waals surface area contributed by atoms with E-state index < -0.39 is 0 Å². The fourth-order valence-corrected chi connectivity index (χ4v) is 3.57. The minimum atomic E-state index is 0.152. The Hall–Kier alpha value is -3.20. The summed E-state index contributed by atoms with van der Waals surface area (Å²) in [4.78, 5) is 11.4. The molecule has 3 aromatic rings. The molecule has 3 heteroatoms. The number of hydrogen-bond donors (Lipinski definition) is 0. The molecule has 4 rings (SSSR count). The highest BCUT2D eigenvalue weighted by molar-refractivity contribution is 5.91. The van der Waals surface area contributed by atoms with Crippen LogP contribution in [-0.4, -0.2) is 23.6 Å². The van der Waals surface area contributed by atoms with Gasteiger partial charge in [-0.1, -0.05) is 36.9 Å². The van der Waals surface area contributed by atoms with Gasteiger partial charge in [-0.15, -0.1) is 0 Å². The number of nitrogens with zero attached hydrogens (tertiary/aromatic N) is 3. The number of anilines is 1. The van der Waals surface area contributed by atoms with Crippen LogP contribution in [0.15, 0.2) is 96.8 Å². The average molecular weight is 339 g/mol. The van der Waals surface area contributed by atoms with Crippen LogP contribution >= 0.6 is 0 Å². The standard InChI is InChI=1S/C23H21N3/c1-17-22(20-12-6-8-14-24-20)19(23(17)21-13-7-9-15-25-21)16-26(2)18-10-4-3-5-11-18/h3-15,22H,1,16H2,2H3. The van der Waals surface area contributed by atoms with Crippen LogP contribution in [0.1, 0.15) is 17.3 Å².